The Morgan fingerprint density at radius 1 is 1.03 bits per heavy atom. The Hall–Kier alpha value is -3.03. The third-order valence-electron chi connectivity index (χ3n) is 4.75. The summed E-state index contributed by atoms with van der Waals surface area (Å²) in [7, 11) is -2.19. The minimum absolute atomic E-state index is 0.126. The van der Waals surface area contributed by atoms with E-state index in [0.717, 1.165) is 11.3 Å². The van der Waals surface area contributed by atoms with Crippen molar-refractivity contribution in [2.24, 2.45) is 0 Å². The number of benzene rings is 3. The molecule has 8 heteroatoms. The average Bonchev–Trinajstić information content (AvgIpc) is 2.79. The summed E-state index contributed by atoms with van der Waals surface area (Å²) in [5.41, 5.74) is 1.35. The van der Waals surface area contributed by atoms with Crippen LogP contribution in [0, 0.1) is 0 Å². The molecule has 162 valence electrons. The smallest absolute Gasteiger partial charge is 0.261 e. The Morgan fingerprint density at radius 3 is 2.32 bits per heavy atom. The lowest BCUT2D eigenvalue weighted by Gasteiger charge is -2.19. The standard InChI is InChI=1S/C23H23ClN2O4S/c1-3-22(16-9-12-18(30-2)13-10-16)25-23(27)20-15-17(11-14-21(20)24)26-31(28,29)19-7-5-4-6-8-19/h4-15,22,26H,3H2,1-2H3,(H,25,27). The number of rotatable bonds is 8. The maximum absolute atomic E-state index is 12.9. The number of methoxy groups -OCH3 is 1. The summed E-state index contributed by atoms with van der Waals surface area (Å²) in [5, 5.41) is 3.18. The third kappa shape index (κ3) is 5.57. The van der Waals surface area contributed by atoms with E-state index in [1.807, 2.05) is 31.2 Å². The molecule has 0 aromatic heterocycles. The van der Waals surface area contributed by atoms with Gasteiger partial charge < -0.3 is 10.1 Å². The molecule has 0 aliphatic heterocycles. The molecule has 1 amide bonds. The van der Waals surface area contributed by atoms with Gasteiger partial charge in [0.2, 0.25) is 0 Å². The molecule has 3 rings (SSSR count). The number of halogens is 1. The van der Waals surface area contributed by atoms with Gasteiger partial charge in [-0.15, -0.1) is 0 Å². The highest BCUT2D eigenvalue weighted by Crippen LogP contribution is 2.25. The van der Waals surface area contributed by atoms with Crippen LogP contribution < -0.4 is 14.8 Å². The van der Waals surface area contributed by atoms with E-state index in [4.69, 9.17) is 16.3 Å². The van der Waals surface area contributed by atoms with Gasteiger partial charge in [-0.05, 0) is 54.4 Å². The molecule has 1 unspecified atom stereocenters. The van der Waals surface area contributed by atoms with E-state index >= 15 is 0 Å². The highest BCUT2D eigenvalue weighted by molar-refractivity contribution is 7.92. The minimum Gasteiger partial charge on any atom is -0.497 e. The molecule has 0 radical (unpaired) electrons. The Morgan fingerprint density at radius 2 is 1.71 bits per heavy atom. The van der Waals surface area contributed by atoms with Crippen molar-refractivity contribution in [3.63, 3.8) is 0 Å². The van der Waals surface area contributed by atoms with E-state index < -0.39 is 15.9 Å². The summed E-state index contributed by atoms with van der Waals surface area (Å²) in [6.07, 6.45) is 0.663. The number of hydrogen-bond donors (Lipinski definition) is 2. The van der Waals surface area contributed by atoms with Crippen LogP contribution in [0.1, 0.15) is 35.3 Å². The maximum atomic E-state index is 12.9. The van der Waals surface area contributed by atoms with Crippen molar-refractivity contribution in [3.05, 3.63) is 88.9 Å². The lowest BCUT2D eigenvalue weighted by Crippen LogP contribution is -2.28. The molecule has 0 spiro atoms. The van der Waals surface area contributed by atoms with Crippen LogP contribution in [0.4, 0.5) is 5.69 Å². The zero-order chi connectivity index (χ0) is 22.4. The largest absolute Gasteiger partial charge is 0.497 e. The van der Waals surface area contributed by atoms with E-state index in [9.17, 15) is 13.2 Å². The fraction of sp³-hybridized carbons (Fsp3) is 0.174. The van der Waals surface area contributed by atoms with Gasteiger partial charge in [-0.25, -0.2) is 8.42 Å². The number of ether oxygens (including phenoxy) is 1. The van der Waals surface area contributed by atoms with Gasteiger partial charge in [-0.3, -0.25) is 9.52 Å². The summed E-state index contributed by atoms with van der Waals surface area (Å²) in [5.74, 6) is 0.333. The average molecular weight is 459 g/mol. The molecule has 2 N–H and O–H groups in total. The fourth-order valence-electron chi connectivity index (χ4n) is 3.07. The molecule has 0 fully saturated rings. The topological polar surface area (TPSA) is 84.5 Å². The highest BCUT2D eigenvalue weighted by atomic mass is 35.5. The van der Waals surface area contributed by atoms with Gasteiger partial charge in [-0.1, -0.05) is 48.9 Å². The first kappa shape index (κ1) is 22.7. The number of carbonyl (C=O) groups excluding carboxylic acids is 1. The number of sulfonamides is 1. The van der Waals surface area contributed by atoms with Crippen LogP contribution in [0.3, 0.4) is 0 Å². The minimum atomic E-state index is -3.78. The van der Waals surface area contributed by atoms with E-state index in [-0.39, 0.29) is 27.2 Å². The Kier molecular flexibility index (Phi) is 7.20. The number of nitrogens with one attached hydrogen (secondary N) is 2. The molecule has 0 heterocycles. The van der Waals surface area contributed by atoms with Gasteiger partial charge in [0.15, 0.2) is 0 Å². The first-order valence-corrected chi connectivity index (χ1v) is 11.5. The second-order valence-electron chi connectivity index (χ2n) is 6.82. The fourth-order valence-corrected chi connectivity index (χ4v) is 4.34. The molecule has 0 aliphatic carbocycles. The first-order valence-electron chi connectivity index (χ1n) is 9.66. The molecular formula is C23H23ClN2O4S. The third-order valence-corrected chi connectivity index (χ3v) is 6.48. The van der Waals surface area contributed by atoms with Crippen LogP contribution in [-0.4, -0.2) is 21.4 Å². The number of carbonyl (C=O) groups is 1. The van der Waals surface area contributed by atoms with Crippen LogP contribution in [-0.2, 0) is 10.0 Å². The molecule has 0 saturated carbocycles. The normalized spacial score (nSPS) is 12.1. The van der Waals surface area contributed by atoms with E-state index in [2.05, 4.69) is 10.0 Å². The number of hydrogen-bond acceptors (Lipinski definition) is 4. The zero-order valence-corrected chi connectivity index (χ0v) is 18.7. The Labute approximate surface area is 187 Å². The number of anilines is 1. The van der Waals surface area contributed by atoms with Crippen LogP contribution in [0.2, 0.25) is 5.02 Å². The van der Waals surface area contributed by atoms with Crippen LogP contribution in [0.15, 0.2) is 77.7 Å². The predicted molar refractivity (Wildman–Crippen MR) is 122 cm³/mol. The summed E-state index contributed by atoms with van der Waals surface area (Å²) in [6, 6.07) is 19.6. The van der Waals surface area contributed by atoms with Crippen LogP contribution in [0.25, 0.3) is 0 Å². The monoisotopic (exact) mass is 458 g/mol. The van der Waals surface area contributed by atoms with Gasteiger partial charge in [0.25, 0.3) is 15.9 Å². The predicted octanol–water partition coefficient (Wildman–Crippen LogP) is 5.03. The van der Waals surface area contributed by atoms with E-state index in [1.54, 1.807) is 25.3 Å². The molecular weight excluding hydrogens is 436 g/mol. The van der Waals surface area contributed by atoms with Gasteiger partial charge in [0.05, 0.1) is 28.6 Å². The molecule has 0 saturated heterocycles. The maximum Gasteiger partial charge on any atom is 0.261 e. The quantitative estimate of drug-likeness (QED) is 0.495. The number of amides is 1. The lowest BCUT2D eigenvalue weighted by atomic mass is 10.0. The molecule has 1 atom stereocenters. The SMILES string of the molecule is CCC(NC(=O)c1cc(NS(=O)(=O)c2ccccc2)ccc1Cl)c1ccc(OC)cc1. The second kappa shape index (κ2) is 9.85. The van der Waals surface area contributed by atoms with Crippen molar-refractivity contribution in [2.75, 3.05) is 11.8 Å². The van der Waals surface area contributed by atoms with Crippen molar-refractivity contribution < 1.29 is 17.9 Å². The zero-order valence-electron chi connectivity index (χ0n) is 17.1. The highest BCUT2D eigenvalue weighted by Gasteiger charge is 2.19. The molecule has 6 nitrogen and oxygen atoms in total. The molecule has 3 aromatic carbocycles. The van der Waals surface area contributed by atoms with Gasteiger partial charge >= 0.3 is 0 Å². The first-order chi connectivity index (χ1) is 14.8. The molecule has 31 heavy (non-hydrogen) atoms. The summed E-state index contributed by atoms with van der Waals surface area (Å²) in [4.78, 5) is 13.0. The lowest BCUT2D eigenvalue weighted by molar-refractivity contribution is 0.0935. The molecule has 0 aliphatic rings. The molecule has 3 aromatic rings. The second-order valence-corrected chi connectivity index (χ2v) is 8.91. The van der Waals surface area contributed by atoms with Crippen LogP contribution in [0.5, 0.6) is 5.75 Å². The summed E-state index contributed by atoms with van der Waals surface area (Å²) in [6.45, 7) is 1.96. The van der Waals surface area contributed by atoms with Crippen molar-refractivity contribution in [1.29, 1.82) is 0 Å². The Bertz CT molecular complexity index is 1150. The summed E-state index contributed by atoms with van der Waals surface area (Å²) < 4.78 is 32.8. The van der Waals surface area contributed by atoms with E-state index in [0.29, 0.717) is 6.42 Å². The Balaban J connectivity index is 1.80. The summed E-state index contributed by atoms with van der Waals surface area (Å²) >= 11 is 6.24. The van der Waals surface area contributed by atoms with Crippen molar-refractivity contribution in [1.82, 2.24) is 5.32 Å². The van der Waals surface area contributed by atoms with Gasteiger partial charge in [0, 0.05) is 5.69 Å². The van der Waals surface area contributed by atoms with E-state index in [1.165, 1.54) is 30.3 Å². The van der Waals surface area contributed by atoms with Gasteiger partial charge in [0.1, 0.15) is 5.75 Å². The van der Waals surface area contributed by atoms with Crippen molar-refractivity contribution in [2.45, 2.75) is 24.3 Å². The van der Waals surface area contributed by atoms with Crippen molar-refractivity contribution >= 4 is 33.2 Å². The van der Waals surface area contributed by atoms with Gasteiger partial charge in [-0.2, -0.15) is 0 Å². The molecule has 0 bridgehead atoms. The van der Waals surface area contributed by atoms with Crippen molar-refractivity contribution in [3.8, 4) is 5.75 Å². The van der Waals surface area contributed by atoms with Crippen LogP contribution >= 0.6 is 11.6 Å².